The van der Waals surface area contributed by atoms with Gasteiger partial charge in [0.2, 0.25) is 0 Å². The zero-order chi connectivity index (χ0) is 20.6. The third-order valence-corrected chi connectivity index (χ3v) is 5.22. The van der Waals surface area contributed by atoms with Gasteiger partial charge in [0.15, 0.2) is 0 Å². The Hall–Kier alpha value is -3.52. The van der Waals surface area contributed by atoms with E-state index in [1.165, 1.54) is 24.1 Å². The first-order valence-corrected chi connectivity index (χ1v) is 10.7. The zero-order valence-electron chi connectivity index (χ0n) is 17.5. The van der Waals surface area contributed by atoms with E-state index in [4.69, 9.17) is 0 Å². The molecule has 0 bridgehead atoms. The van der Waals surface area contributed by atoms with E-state index in [0.29, 0.717) is 0 Å². The van der Waals surface area contributed by atoms with Gasteiger partial charge in [-0.15, -0.1) is 0 Å². The smallest absolute Gasteiger partial charge is 0.0463 e. The van der Waals surface area contributed by atoms with E-state index in [9.17, 15) is 0 Å². The van der Waals surface area contributed by atoms with Gasteiger partial charge in [0.05, 0.1) is 0 Å². The fourth-order valence-corrected chi connectivity index (χ4v) is 3.60. The molecular formula is C28H28N2. The molecular weight excluding hydrogens is 364 g/mol. The molecule has 0 amide bonds. The highest BCUT2D eigenvalue weighted by atomic mass is 15.1. The van der Waals surface area contributed by atoms with E-state index < -0.39 is 0 Å². The number of hydrogen-bond donors (Lipinski definition) is 1. The van der Waals surface area contributed by atoms with Gasteiger partial charge in [-0.2, -0.15) is 0 Å². The summed E-state index contributed by atoms with van der Waals surface area (Å²) in [7, 11) is 0. The number of hydrogen-bond acceptors (Lipinski definition) is 2. The van der Waals surface area contributed by atoms with Crippen molar-refractivity contribution in [1.29, 1.82) is 0 Å². The Morgan fingerprint density at radius 2 is 1.07 bits per heavy atom. The quantitative estimate of drug-likeness (QED) is 0.325. The minimum absolute atomic E-state index is 1.08. The third-order valence-electron chi connectivity index (χ3n) is 5.22. The van der Waals surface area contributed by atoms with Gasteiger partial charge in [-0.05, 0) is 79.1 Å². The molecule has 2 heteroatoms. The molecule has 0 aromatic heterocycles. The van der Waals surface area contributed by atoms with E-state index in [0.717, 1.165) is 29.2 Å². The Bertz CT molecular complexity index is 1020. The van der Waals surface area contributed by atoms with Crippen LogP contribution >= 0.6 is 0 Å². The molecule has 4 aromatic rings. The normalized spacial score (nSPS) is 10.6. The van der Waals surface area contributed by atoms with Crippen LogP contribution < -0.4 is 10.2 Å². The van der Waals surface area contributed by atoms with Crippen molar-refractivity contribution < 1.29 is 0 Å². The Balaban J connectivity index is 1.62. The van der Waals surface area contributed by atoms with Gasteiger partial charge in [0, 0.05) is 28.4 Å². The maximum Gasteiger partial charge on any atom is 0.0463 e. The van der Waals surface area contributed by atoms with Crippen LogP contribution in [0, 0.1) is 0 Å². The van der Waals surface area contributed by atoms with Crippen LogP contribution in [0.5, 0.6) is 0 Å². The van der Waals surface area contributed by atoms with Crippen LogP contribution in [-0.4, -0.2) is 0 Å². The van der Waals surface area contributed by atoms with Crippen LogP contribution in [0.3, 0.4) is 0 Å². The second-order valence-corrected chi connectivity index (χ2v) is 7.48. The molecule has 0 radical (unpaired) electrons. The molecule has 0 atom stereocenters. The van der Waals surface area contributed by atoms with Gasteiger partial charge in [-0.25, -0.2) is 0 Å². The molecule has 0 aliphatic rings. The van der Waals surface area contributed by atoms with Crippen molar-refractivity contribution in [3.8, 4) is 0 Å². The molecule has 0 unspecified atom stereocenters. The summed E-state index contributed by atoms with van der Waals surface area (Å²) in [5.41, 5.74) is 7.03. The lowest BCUT2D eigenvalue weighted by molar-refractivity contribution is 0.795. The van der Waals surface area contributed by atoms with Gasteiger partial charge >= 0.3 is 0 Å². The summed E-state index contributed by atoms with van der Waals surface area (Å²) in [6.45, 7) is 2.24. The summed E-state index contributed by atoms with van der Waals surface area (Å²) in [6.07, 6.45) is 3.60. The highest BCUT2D eigenvalue weighted by Crippen LogP contribution is 2.35. The molecule has 2 nitrogen and oxygen atoms in total. The molecule has 1 N–H and O–H groups in total. The maximum atomic E-state index is 3.46. The second kappa shape index (κ2) is 9.80. The van der Waals surface area contributed by atoms with E-state index in [2.05, 4.69) is 108 Å². The van der Waals surface area contributed by atoms with Crippen molar-refractivity contribution >= 4 is 28.4 Å². The number of para-hydroxylation sites is 2. The Morgan fingerprint density at radius 1 is 0.567 bits per heavy atom. The van der Waals surface area contributed by atoms with Crippen LogP contribution in [0.1, 0.15) is 25.3 Å². The SMILES string of the molecule is CCCCc1ccc(N(c2ccccc2)c2ccc(Nc3ccccc3)cc2)cc1. The molecule has 0 aliphatic carbocycles. The molecule has 4 aromatic carbocycles. The third kappa shape index (κ3) is 4.90. The predicted octanol–water partition coefficient (Wildman–Crippen LogP) is 8.24. The number of unbranched alkanes of at least 4 members (excludes halogenated alkanes) is 1. The molecule has 0 heterocycles. The van der Waals surface area contributed by atoms with Crippen LogP contribution in [0.25, 0.3) is 0 Å². The van der Waals surface area contributed by atoms with E-state index in [1.54, 1.807) is 0 Å². The number of rotatable bonds is 8. The second-order valence-electron chi connectivity index (χ2n) is 7.48. The molecule has 150 valence electrons. The molecule has 4 rings (SSSR count). The molecule has 0 spiro atoms. The lowest BCUT2D eigenvalue weighted by Crippen LogP contribution is -2.09. The molecule has 0 fully saturated rings. The summed E-state index contributed by atoms with van der Waals surface area (Å²) in [5, 5.41) is 3.46. The summed E-state index contributed by atoms with van der Waals surface area (Å²) < 4.78 is 0. The lowest BCUT2D eigenvalue weighted by Gasteiger charge is -2.26. The highest BCUT2D eigenvalue weighted by molar-refractivity contribution is 5.77. The molecule has 0 saturated heterocycles. The van der Waals surface area contributed by atoms with Gasteiger partial charge in [0.1, 0.15) is 0 Å². The summed E-state index contributed by atoms with van der Waals surface area (Å²) in [5.74, 6) is 0. The van der Waals surface area contributed by atoms with Gasteiger partial charge in [0.25, 0.3) is 0 Å². The van der Waals surface area contributed by atoms with Gasteiger partial charge in [-0.1, -0.05) is 61.9 Å². The fraction of sp³-hybridized carbons (Fsp3) is 0.143. The first-order valence-electron chi connectivity index (χ1n) is 10.7. The number of anilines is 5. The average molecular weight is 393 g/mol. The standard InChI is InChI=1S/C28H28N2/c1-2-3-10-23-15-19-27(20-16-23)30(26-13-8-5-9-14-26)28-21-17-25(18-22-28)29-24-11-6-4-7-12-24/h4-9,11-22,29H,2-3,10H2,1H3. The first-order chi connectivity index (χ1) is 14.8. The van der Waals surface area contributed by atoms with Crippen LogP contribution in [0.15, 0.2) is 109 Å². The Kier molecular flexibility index (Phi) is 6.46. The fourth-order valence-electron chi connectivity index (χ4n) is 3.60. The van der Waals surface area contributed by atoms with Crippen molar-refractivity contribution in [1.82, 2.24) is 0 Å². The first kappa shape index (κ1) is 19.8. The molecule has 30 heavy (non-hydrogen) atoms. The monoisotopic (exact) mass is 392 g/mol. The van der Waals surface area contributed by atoms with E-state index >= 15 is 0 Å². The average Bonchev–Trinajstić information content (AvgIpc) is 2.81. The summed E-state index contributed by atoms with van der Waals surface area (Å²) in [6, 6.07) is 38.4. The van der Waals surface area contributed by atoms with Crippen molar-refractivity contribution in [2.24, 2.45) is 0 Å². The van der Waals surface area contributed by atoms with E-state index in [-0.39, 0.29) is 0 Å². The van der Waals surface area contributed by atoms with Crippen molar-refractivity contribution in [3.05, 3.63) is 115 Å². The minimum atomic E-state index is 1.08. The van der Waals surface area contributed by atoms with E-state index in [1.807, 2.05) is 18.2 Å². The molecule has 0 aliphatic heterocycles. The summed E-state index contributed by atoms with van der Waals surface area (Å²) >= 11 is 0. The van der Waals surface area contributed by atoms with Crippen LogP contribution in [-0.2, 0) is 6.42 Å². The Labute approximate surface area is 179 Å². The van der Waals surface area contributed by atoms with Crippen molar-refractivity contribution in [3.63, 3.8) is 0 Å². The number of benzene rings is 4. The van der Waals surface area contributed by atoms with Gasteiger partial charge < -0.3 is 10.2 Å². The Morgan fingerprint density at radius 3 is 1.67 bits per heavy atom. The van der Waals surface area contributed by atoms with Crippen LogP contribution in [0.2, 0.25) is 0 Å². The largest absolute Gasteiger partial charge is 0.356 e. The number of nitrogens with one attached hydrogen (secondary N) is 1. The topological polar surface area (TPSA) is 15.3 Å². The maximum absolute atomic E-state index is 3.46. The highest BCUT2D eigenvalue weighted by Gasteiger charge is 2.12. The predicted molar refractivity (Wildman–Crippen MR) is 129 cm³/mol. The van der Waals surface area contributed by atoms with Crippen LogP contribution in [0.4, 0.5) is 28.4 Å². The van der Waals surface area contributed by atoms with Crippen molar-refractivity contribution in [2.75, 3.05) is 10.2 Å². The number of aryl methyl sites for hydroxylation is 1. The van der Waals surface area contributed by atoms with Crippen molar-refractivity contribution in [2.45, 2.75) is 26.2 Å². The number of nitrogens with zero attached hydrogens (tertiary/aromatic N) is 1. The lowest BCUT2D eigenvalue weighted by atomic mass is 10.1. The van der Waals surface area contributed by atoms with Gasteiger partial charge in [-0.3, -0.25) is 0 Å². The zero-order valence-corrected chi connectivity index (χ0v) is 17.5. The minimum Gasteiger partial charge on any atom is -0.356 e. The summed E-state index contributed by atoms with van der Waals surface area (Å²) in [4.78, 5) is 2.30. The molecule has 0 saturated carbocycles.